The second kappa shape index (κ2) is 3.13. The van der Waals surface area contributed by atoms with Crippen molar-refractivity contribution in [2.45, 2.75) is 27.7 Å². The predicted molar refractivity (Wildman–Crippen MR) is 49.2 cm³/mol. The highest BCUT2D eigenvalue weighted by Gasteiger charge is 2.23. The Kier molecular flexibility index (Phi) is 2.36. The number of rotatable bonds is 2. The van der Waals surface area contributed by atoms with E-state index in [4.69, 9.17) is 0 Å². The fourth-order valence-electron chi connectivity index (χ4n) is 1.49. The van der Waals surface area contributed by atoms with Crippen LogP contribution in [0, 0.1) is 5.92 Å². The molecule has 1 aliphatic rings. The third-order valence-corrected chi connectivity index (χ3v) is 2.64. The van der Waals surface area contributed by atoms with E-state index in [1.165, 1.54) is 22.6 Å². The van der Waals surface area contributed by atoms with Crippen molar-refractivity contribution in [3.63, 3.8) is 0 Å². The van der Waals surface area contributed by atoms with Crippen molar-refractivity contribution < 1.29 is 4.79 Å². The van der Waals surface area contributed by atoms with Crippen molar-refractivity contribution in [1.82, 2.24) is 5.32 Å². The number of amides is 1. The second-order valence-electron chi connectivity index (χ2n) is 3.14. The molecule has 0 bridgehead atoms. The van der Waals surface area contributed by atoms with E-state index in [0.29, 0.717) is 0 Å². The summed E-state index contributed by atoms with van der Waals surface area (Å²) in [6, 6.07) is 0. The van der Waals surface area contributed by atoms with Crippen LogP contribution in [-0.2, 0) is 4.79 Å². The fourth-order valence-corrected chi connectivity index (χ4v) is 1.49. The summed E-state index contributed by atoms with van der Waals surface area (Å²) in [5.41, 5.74) is 4.70. The lowest BCUT2D eigenvalue weighted by Gasteiger charge is -2.09. The van der Waals surface area contributed by atoms with Gasteiger partial charge in [-0.2, -0.15) is 0 Å². The summed E-state index contributed by atoms with van der Waals surface area (Å²) in [6.45, 7) is 8.21. The Hall–Kier alpha value is -1.05. The minimum absolute atomic E-state index is 0.730. The standard InChI is InChI=1S/C10H14NO/c1-6-7(2)9(4)10(8(6)3)11-5-12/h5H,1-4H3,(H,11,12). The summed E-state index contributed by atoms with van der Waals surface area (Å²) in [5.74, 6) is 1.18. The molecule has 0 saturated carbocycles. The molecular weight excluding hydrogens is 150 g/mol. The van der Waals surface area contributed by atoms with Crippen molar-refractivity contribution in [2.24, 2.45) is 0 Å². The quantitative estimate of drug-likeness (QED) is 0.621. The lowest BCUT2D eigenvalue weighted by atomic mass is 10.0. The Balaban J connectivity index is 2.99. The van der Waals surface area contributed by atoms with Crippen molar-refractivity contribution in [1.29, 1.82) is 0 Å². The van der Waals surface area contributed by atoms with Crippen LogP contribution >= 0.6 is 0 Å². The van der Waals surface area contributed by atoms with Gasteiger partial charge in [0.1, 0.15) is 0 Å². The first-order valence-corrected chi connectivity index (χ1v) is 4.02. The summed E-state index contributed by atoms with van der Waals surface area (Å²) < 4.78 is 0. The van der Waals surface area contributed by atoms with E-state index in [2.05, 4.69) is 19.2 Å². The van der Waals surface area contributed by atoms with Crippen molar-refractivity contribution in [2.75, 3.05) is 0 Å². The highest BCUT2D eigenvalue weighted by Crippen LogP contribution is 2.35. The van der Waals surface area contributed by atoms with Crippen LogP contribution in [0.2, 0.25) is 0 Å². The highest BCUT2D eigenvalue weighted by molar-refractivity contribution is 5.63. The van der Waals surface area contributed by atoms with Gasteiger partial charge in [-0.3, -0.25) is 4.79 Å². The Morgan fingerprint density at radius 2 is 1.58 bits per heavy atom. The van der Waals surface area contributed by atoms with Gasteiger partial charge in [0, 0.05) is 11.6 Å². The van der Waals surface area contributed by atoms with Crippen LogP contribution in [0.5, 0.6) is 0 Å². The second-order valence-corrected chi connectivity index (χ2v) is 3.14. The molecule has 1 N–H and O–H groups in total. The number of allylic oxidation sites excluding steroid dienone is 3. The third-order valence-electron chi connectivity index (χ3n) is 2.64. The lowest BCUT2D eigenvalue weighted by Crippen LogP contribution is -2.14. The molecule has 0 unspecified atom stereocenters. The molecule has 0 atom stereocenters. The van der Waals surface area contributed by atoms with Crippen LogP contribution in [0.15, 0.2) is 22.4 Å². The van der Waals surface area contributed by atoms with Crippen molar-refractivity contribution in [3.8, 4) is 0 Å². The number of carbonyl (C=O) groups is 1. The van der Waals surface area contributed by atoms with Crippen LogP contribution in [0.4, 0.5) is 0 Å². The largest absolute Gasteiger partial charge is 0.331 e. The Labute approximate surface area is 73.4 Å². The molecule has 2 heteroatoms. The molecule has 2 nitrogen and oxygen atoms in total. The van der Waals surface area contributed by atoms with E-state index in [9.17, 15) is 4.79 Å². The van der Waals surface area contributed by atoms with E-state index in [0.717, 1.165) is 12.1 Å². The molecule has 0 saturated heterocycles. The van der Waals surface area contributed by atoms with Gasteiger partial charge in [-0.05, 0) is 38.8 Å². The van der Waals surface area contributed by atoms with Gasteiger partial charge in [0.2, 0.25) is 6.41 Å². The highest BCUT2D eigenvalue weighted by atomic mass is 16.1. The summed E-state index contributed by atoms with van der Waals surface area (Å²) in [5, 5.41) is 2.73. The average Bonchev–Trinajstić information content (AvgIpc) is 2.23. The molecule has 65 valence electrons. The van der Waals surface area contributed by atoms with Gasteiger partial charge in [0.25, 0.3) is 0 Å². The molecule has 1 aliphatic carbocycles. The molecule has 0 heterocycles. The van der Waals surface area contributed by atoms with Crippen molar-refractivity contribution in [3.05, 3.63) is 28.3 Å². The van der Waals surface area contributed by atoms with Crippen LogP contribution in [0.25, 0.3) is 0 Å². The molecular formula is C10H14NO. The van der Waals surface area contributed by atoms with E-state index >= 15 is 0 Å². The van der Waals surface area contributed by atoms with Crippen LogP contribution in [0.3, 0.4) is 0 Å². The van der Waals surface area contributed by atoms with E-state index in [-0.39, 0.29) is 0 Å². The van der Waals surface area contributed by atoms with Gasteiger partial charge < -0.3 is 5.32 Å². The van der Waals surface area contributed by atoms with Gasteiger partial charge in [0.05, 0.1) is 0 Å². The smallest absolute Gasteiger partial charge is 0.211 e. The third kappa shape index (κ3) is 1.17. The monoisotopic (exact) mass is 164 g/mol. The first kappa shape index (κ1) is 9.04. The van der Waals surface area contributed by atoms with Crippen molar-refractivity contribution >= 4 is 6.41 Å². The van der Waals surface area contributed by atoms with Gasteiger partial charge in [0.15, 0.2) is 0 Å². The average molecular weight is 164 g/mol. The predicted octanol–water partition coefficient (Wildman–Crippen LogP) is 1.95. The summed E-state index contributed by atoms with van der Waals surface area (Å²) in [7, 11) is 0. The maximum absolute atomic E-state index is 10.3. The zero-order valence-electron chi connectivity index (χ0n) is 7.99. The lowest BCUT2D eigenvalue weighted by molar-refractivity contribution is -0.108. The number of nitrogens with one attached hydrogen (secondary N) is 1. The SMILES string of the molecule is C[C]1C(C)=C(C)C(C)=C1NC=O. The van der Waals surface area contributed by atoms with E-state index in [1.54, 1.807) is 0 Å². The minimum atomic E-state index is 0.730. The molecule has 1 rings (SSSR count). The molecule has 0 aliphatic heterocycles. The number of hydrogen-bond acceptors (Lipinski definition) is 1. The molecule has 0 aromatic carbocycles. The molecule has 12 heavy (non-hydrogen) atoms. The zero-order valence-corrected chi connectivity index (χ0v) is 7.99. The maximum atomic E-state index is 10.3. The van der Waals surface area contributed by atoms with Crippen LogP contribution < -0.4 is 5.32 Å². The Morgan fingerprint density at radius 1 is 1.00 bits per heavy atom. The normalized spacial score (nSPS) is 19.0. The maximum Gasteiger partial charge on any atom is 0.211 e. The fraction of sp³-hybridized carbons (Fsp3) is 0.400. The molecule has 0 aromatic heterocycles. The molecule has 1 radical (unpaired) electrons. The Bertz CT molecular complexity index is 274. The van der Waals surface area contributed by atoms with Gasteiger partial charge >= 0.3 is 0 Å². The minimum Gasteiger partial charge on any atom is -0.331 e. The number of carbonyl (C=O) groups excluding carboxylic acids is 1. The first-order valence-electron chi connectivity index (χ1n) is 4.02. The van der Waals surface area contributed by atoms with Gasteiger partial charge in [-0.1, -0.05) is 5.57 Å². The summed E-state index contributed by atoms with van der Waals surface area (Å²) in [6.07, 6.45) is 0.730. The topological polar surface area (TPSA) is 29.1 Å². The zero-order chi connectivity index (χ0) is 9.30. The molecule has 0 spiro atoms. The van der Waals surface area contributed by atoms with E-state index in [1.807, 2.05) is 13.8 Å². The summed E-state index contributed by atoms with van der Waals surface area (Å²) in [4.78, 5) is 10.3. The number of hydrogen-bond donors (Lipinski definition) is 1. The van der Waals surface area contributed by atoms with E-state index < -0.39 is 0 Å². The van der Waals surface area contributed by atoms with Gasteiger partial charge in [-0.15, -0.1) is 0 Å². The van der Waals surface area contributed by atoms with Crippen LogP contribution in [-0.4, -0.2) is 6.41 Å². The van der Waals surface area contributed by atoms with Gasteiger partial charge in [-0.25, -0.2) is 0 Å². The molecule has 0 fully saturated rings. The van der Waals surface area contributed by atoms with Crippen LogP contribution in [0.1, 0.15) is 27.7 Å². The Morgan fingerprint density at radius 3 is 1.92 bits per heavy atom. The molecule has 1 amide bonds. The summed E-state index contributed by atoms with van der Waals surface area (Å²) >= 11 is 0. The molecule has 0 aromatic rings. The first-order chi connectivity index (χ1) is 5.59.